The SMILES string of the molecule is C#CC(CC)OCCOCCC. The molecule has 0 amide bonds. The highest BCUT2D eigenvalue weighted by molar-refractivity contribution is 4.93. The summed E-state index contributed by atoms with van der Waals surface area (Å²) in [7, 11) is 0. The summed E-state index contributed by atoms with van der Waals surface area (Å²) in [5.74, 6) is 2.56. The molecule has 0 aliphatic carbocycles. The van der Waals surface area contributed by atoms with Crippen LogP contribution in [0.3, 0.4) is 0 Å². The topological polar surface area (TPSA) is 18.5 Å². The lowest BCUT2D eigenvalue weighted by Crippen LogP contribution is -2.13. The van der Waals surface area contributed by atoms with Gasteiger partial charge in [0.05, 0.1) is 13.2 Å². The summed E-state index contributed by atoms with van der Waals surface area (Å²) in [6.45, 7) is 6.14. The van der Waals surface area contributed by atoms with Crippen molar-refractivity contribution in [2.24, 2.45) is 0 Å². The van der Waals surface area contributed by atoms with Gasteiger partial charge in [-0.3, -0.25) is 0 Å². The van der Waals surface area contributed by atoms with Crippen molar-refractivity contribution in [3.63, 3.8) is 0 Å². The predicted molar refractivity (Wildman–Crippen MR) is 50.0 cm³/mol. The first-order valence-electron chi connectivity index (χ1n) is 4.50. The van der Waals surface area contributed by atoms with E-state index in [2.05, 4.69) is 12.8 Å². The standard InChI is InChI=1S/C10H18O2/c1-4-7-11-8-9-12-10(5-2)6-3/h2,10H,4,6-9H2,1,3H3. The third-order valence-corrected chi connectivity index (χ3v) is 1.45. The maximum atomic E-state index is 5.33. The predicted octanol–water partition coefficient (Wildman–Crippen LogP) is 1.84. The van der Waals surface area contributed by atoms with E-state index >= 15 is 0 Å². The van der Waals surface area contributed by atoms with Crippen LogP contribution in [0.25, 0.3) is 0 Å². The van der Waals surface area contributed by atoms with Gasteiger partial charge in [0.25, 0.3) is 0 Å². The van der Waals surface area contributed by atoms with Gasteiger partial charge in [0.15, 0.2) is 0 Å². The summed E-state index contributed by atoms with van der Waals surface area (Å²) in [5.41, 5.74) is 0. The van der Waals surface area contributed by atoms with Crippen LogP contribution in [0.15, 0.2) is 0 Å². The molecule has 0 aromatic heterocycles. The Labute approximate surface area is 75.3 Å². The van der Waals surface area contributed by atoms with E-state index < -0.39 is 0 Å². The molecule has 0 rings (SSSR count). The molecule has 2 heteroatoms. The normalized spacial score (nSPS) is 12.4. The first-order valence-corrected chi connectivity index (χ1v) is 4.50. The zero-order valence-electron chi connectivity index (χ0n) is 8.01. The molecule has 2 nitrogen and oxygen atoms in total. The molecule has 12 heavy (non-hydrogen) atoms. The van der Waals surface area contributed by atoms with Gasteiger partial charge < -0.3 is 9.47 Å². The van der Waals surface area contributed by atoms with Crippen molar-refractivity contribution < 1.29 is 9.47 Å². The molecule has 0 bridgehead atoms. The van der Waals surface area contributed by atoms with Gasteiger partial charge in [-0.2, -0.15) is 0 Å². The summed E-state index contributed by atoms with van der Waals surface area (Å²) in [6.07, 6.45) is 7.08. The quantitative estimate of drug-likeness (QED) is 0.429. The monoisotopic (exact) mass is 170 g/mol. The van der Waals surface area contributed by atoms with E-state index in [4.69, 9.17) is 15.9 Å². The van der Waals surface area contributed by atoms with Crippen molar-refractivity contribution in [2.45, 2.75) is 32.8 Å². The maximum Gasteiger partial charge on any atom is 0.117 e. The lowest BCUT2D eigenvalue weighted by Gasteiger charge is -2.09. The number of ether oxygens (including phenoxy) is 2. The average molecular weight is 170 g/mol. The second-order valence-electron chi connectivity index (χ2n) is 2.55. The number of hydrogen-bond acceptors (Lipinski definition) is 2. The summed E-state index contributed by atoms with van der Waals surface area (Å²) in [5, 5.41) is 0. The minimum Gasteiger partial charge on any atom is -0.379 e. The van der Waals surface area contributed by atoms with Gasteiger partial charge in [-0.1, -0.05) is 19.8 Å². The Kier molecular flexibility index (Phi) is 8.20. The smallest absolute Gasteiger partial charge is 0.117 e. The fourth-order valence-electron chi connectivity index (χ4n) is 0.780. The zero-order chi connectivity index (χ0) is 9.23. The molecule has 0 aliphatic heterocycles. The molecule has 0 saturated heterocycles. The van der Waals surface area contributed by atoms with E-state index in [0.717, 1.165) is 19.4 Å². The molecule has 0 heterocycles. The van der Waals surface area contributed by atoms with Crippen LogP contribution in [0.1, 0.15) is 26.7 Å². The van der Waals surface area contributed by atoms with E-state index in [1.807, 2.05) is 6.92 Å². The van der Waals surface area contributed by atoms with Crippen molar-refractivity contribution in [2.75, 3.05) is 19.8 Å². The van der Waals surface area contributed by atoms with Crippen LogP contribution >= 0.6 is 0 Å². The number of rotatable bonds is 7. The minimum absolute atomic E-state index is 0.0461. The zero-order valence-corrected chi connectivity index (χ0v) is 8.01. The Hall–Kier alpha value is -0.520. The van der Waals surface area contributed by atoms with Crippen LogP contribution in [-0.2, 0) is 9.47 Å². The van der Waals surface area contributed by atoms with Crippen LogP contribution in [0.4, 0.5) is 0 Å². The van der Waals surface area contributed by atoms with Crippen molar-refractivity contribution in [3.05, 3.63) is 0 Å². The van der Waals surface area contributed by atoms with Crippen LogP contribution in [0.5, 0.6) is 0 Å². The lowest BCUT2D eigenvalue weighted by atomic mass is 10.3. The molecule has 1 atom stereocenters. The van der Waals surface area contributed by atoms with Gasteiger partial charge in [-0.25, -0.2) is 0 Å². The van der Waals surface area contributed by atoms with Gasteiger partial charge in [-0.15, -0.1) is 6.42 Å². The van der Waals surface area contributed by atoms with Crippen molar-refractivity contribution in [1.29, 1.82) is 0 Å². The number of hydrogen-bond donors (Lipinski definition) is 0. The highest BCUT2D eigenvalue weighted by Gasteiger charge is 1.99. The number of terminal acetylenes is 1. The molecule has 0 N–H and O–H groups in total. The van der Waals surface area contributed by atoms with Gasteiger partial charge in [0.2, 0.25) is 0 Å². The fourth-order valence-corrected chi connectivity index (χ4v) is 0.780. The molecule has 1 unspecified atom stereocenters. The average Bonchev–Trinajstić information content (AvgIpc) is 2.11. The van der Waals surface area contributed by atoms with E-state index in [9.17, 15) is 0 Å². The molecule has 0 aromatic rings. The molecule has 0 radical (unpaired) electrons. The first kappa shape index (κ1) is 11.5. The highest BCUT2D eigenvalue weighted by atomic mass is 16.5. The van der Waals surface area contributed by atoms with Crippen LogP contribution in [0.2, 0.25) is 0 Å². The van der Waals surface area contributed by atoms with Gasteiger partial charge in [0, 0.05) is 6.61 Å². The van der Waals surface area contributed by atoms with Crippen LogP contribution in [-0.4, -0.2) is 25.9 Å². The van der Waals surface area contributed by atoms with Gasteiger partial charge in [-0.05, 0) is 12.8 Å². The summed E-state index contributed by atoms with van der Waals surface area (Å²) in [6, 6.07) is 0. The Morgan fingerprint density at radius 2 is 2.00 bits per heavy atom. The second kappa shape index (κ2) is 8.58. The van der Waals surface area contributed by atoms with Crippen LogP contribution < -0.4 is 0 Å². The third kappa shape index (κ3) is 6.21. The minimum atomic E-state index is -0.0461. The fraction of sp³-hybridized carbons (Fsp3) is 0.800. The summed E-state index contributed by atoms with van der Waals surface area (Å²) >= 11 is 0. The highest BCUT2D eigenvalue weighted by Crippen LogP contribution is 1.95. The first-order chi connectivity index (χ1) is 5.85. The molecule has 0 aliphatic rings. The molecular weight excluding hydrogens is 152 g/mol. The summed E-state index contributed by atoms with van der Waals surface area (Å²) < 4.78 is 10.6. The van der Waals surface area contributed by atoms with E-state index in [-0.39, 0.29) is 6.10 Å². The molecule has 70 valence electrons. The van der Waals surface area contributed by atoms with E-state index in [0.29, 0.717) is 13.2 Å². The lowest BCUT2D eigenvalue weighted by molar-refractivity contribution is 0.0258. The molecule has 0 spiro atoms. The molecule has 0 aromatic carbocycles. The maximum absolute atomic E-state index is 5.33. The van der Waals surface area contributed by atoms with Gasteiger partial charge in [0.1, 0.15) is 6.10 Å². The molecule has 0 fully saturated rings. The molecular formula is C10H18O2. The third-order valence-electron chi connectivity index (χ3n) is 1.45. The summed E-state index contributed by atoms with van der Waals surface area (Å²) in [4.78, 5) is 0. The Balaban J connectivity index is 3.13. The van der Waals surface area contributed by atoms with E-state index in [1.165, 1.54) is 0 Å². The Bertz CT molecular complexity index is 126. The second-order valence-corrected chi connectivity index (χ2v) is 2.55. The Morgan fingerprint density at radius 1 is 1.25 bits per heavy atom. The molecule has 0 saturated carbocycles. The Morgan fingerprint density at radius 3 is 2.50 bits per heavy atom. The van der Waals surface area contributed by atoms with Crippen LogP contribution in [0, 0.1) is 12.3 Å². The van der Waals surface area contributed by atoms with Gasteiger partial charge >= 0.3 is 0 Å². The van der Waals surface area contributed by atoms with E-state index in [1.54, 1.807) is 0 Å². The van der Waals surface area contributed by atoms with Crippen molar-refractivity contribution in [3.8, 4) is 12.3 Å². The largest absolute Gasteiger partial charge is 0.379 e. The van der Waals surface area contributed by atoms with Crippen molar-refractivity contribution >= 4 is 0 Å². The van der Waals surface area contributed by atoms with Crippen molar-refractivity contribution in [1.82, 2.24) is 0 Å².